The third kappa shape index (κ3) is 4.36. The summed E-state index contributed by atoms with van der Waals surface area (Å²) in [5.74, 6) is 0.318. The van der Waals surface area contributed by atoms with Crippen LogP contribution in [-0.4, -0.2) is 90.2 Å². The number of carbonyl (C=O) groups is 3. The number of alkyl carbamates (subject to hydrolysis) is 1. The summed E-state index contributed by atoms with van der Waals surface area (Å²) in [7, 11) is 0. The molecule has 5 fully saturated rings. The zero-order valence-electron chi connectivity index (χ0n) is 23.8. The van der Waals surface area contributed by atoms with Gasteiger partial charge >= 0.3 is 12.1 Å². The summed E-state index contributed by atoms with van der Waals surface area (Å²) in [6.45, 7) is 7.23. The number of hydrogen-bond acceptors (Lipinski definition) is 8. The van der Waals surface area contributed by atoms with Gasteiger partial charge in [0.1, 0.15) is 12.7 Å². The van der Waals surface area contributed by atoms with Gasteiger partial charge in [-0.3, -0.25) is 4.79 Å². The fourth-order valence-corrected chi connectivity index (χ4v) is 9.83. The lowest BCUT2D eigenvalue weighted by Crippen LogP contribution is -2.67. The minimum atomic E-state index is -0.987. The molecule has 4 saturated carbocycles. The molecule has 40 heavy (non-hydrogen) atoms. The molecular formula is C30H45N3O7. The van der Waals surface area contributed by atoms with Crippen LogP contribution in [0.2, 0.25) is 0 Å². The molecule has 9 atom stereocenters. The maximum absolute atomic E-state index is 12.6. The molecule has 1 saturated heterocycles. The molecule has 2 heterocycles. The Morgan fingerprint density at radius 2 is 2.00 bits per heavy atom. The van der Waals surface area contributed by atoms with Crippen LogP contribution in [0.25, 0.3) is 0 Å². The van der Waals surface area contributed by atoms with E-state index in [1.54, 1.807) is 11.0 Å². The van der Waals surface area contributed by atoms with Gasteiger partial charge in [0.25, 0.3) is 0 Å². The molecule has 6 aliphatic rings. The number of rotatable bonds is 5. The maximum Gasteiger partial charge on any atom is 0.407 e. The van der Waals surface area contributed by atoms with E-state index in [0.717, 1.165) is 50.6 Å². The number of hydrogen-bond donors (Lipinski definition) is 4. The molecule has 10 heteroatoms. The van der Waals surface area contributed by atoms with E-state index in [1.165, 1.54) is 0 Å². The number of esters is 1. The van der Waals surface area contributed by atoms with Gasteiger partial charge in [0, 0.05) is 37.7 Å². The third-order valence-electron chi connectivity index (χ3n) is 12.1. The van der Waals surface area contributed by atoms with Gasteiger partial charge in [-0.05, 0) is 86.0 Å². The lowest BCUT2D eigenvalue weighted by atomic mass is 9.42. The minimum Gasteiger partial charge on any atom is -0.458 e. The van der Waals surface area contributed by atoms with Crippen LogP contribution in [-0.2, 0) is 19.1 Å². The van der Waals surface area contributed by atoms with Gasteiger partial charge in [0.2, 0.25) is 5.91 Å². The second-order valence-corrected chi connectivity index (χ2v) is 13.7. The highest BCUT2D eigenvalue weighted by Crippen LogP contribution is 2.70. The average molecular weight is 560 g/mol. The molecule has 0 aromatic carbocycles. The van der Waals surface area contributed by atoms with Crippen LogP contribution in [0.15, 0.2) is 11.6 Å². The van der Waals surface area contributed by atoms with Crippen LogP contribution in [0.3, 0.4) is 0 Å². The lowest BCUT2D eigenvalue weighted by molar-refractivity contribution is -0.244. The van der Waals surface area contributed by atoms with Crippen molar-refractivity contribution in [3.63, 3.8) is 0 Å². The van der Waals surface area contributed by atoms with Crippen molar-refractivity contribution in [2.45, 2.75) is 83.0 Å². The highest BCUT2D eigenvalue weighted by atomic mass is 16.6. The number of cyclic esters (lactones) is 1. The highest BCUT2D eigenvalue weighted by molar-refractivity contribution is 5.85. The van der Waals surface area contributed by atoms with E-state index >= 15 is 0 Å². The van der Waals surface area contributed by atoms with Crippen molar-refractivity contribution in [2.24, 2.45) is 34.5 Å². The van der Waals surface area contributed by atoms with Gasteiger partial charge in [-0.1, -0.05) is 13.8 Å². The first-order valence-corrected chi connectivity index (χ1v) is 15.3. The standard InChI is InChI=1S/C30H45N3O7/c1-28-7-5-20(40-27(37)32-10-12-33-11-9-31-16-25(33)35)14-19(28)3-4-22-23(28)15-24(34)29(2)21(6-8-30(22,29)38)18-13-26(36)39-17-18/h13,19-24,31,34,38H,3-12,14-17H2,1-2H3,(H,32,37)/t19-,20+,21-,22-,23+,24-,28+,29+,30+/m1/s1. The van der Waals surface area contributed by atoms with Gasteiger partial charge in [-0.2, -0.15) is 0 Å². The number of carbonyl (C=O) groups excluding carboxylic acids is 3. The second-order valence-electron chi connectivity index (χ2n) is 13.7. The summed E-state index contributed by atoms with van der Waals surface area (Å²) in [5, 5.41) is 29.9. The third-order valence-corrected chi connectivity index (χ3v) is 12.1. The Bertz CT molecular complexity index is 1080. The predicted molar refractivity (Wildman–Crippen MR) is 145 cm³/mol. The van der Waals surface area contributed by atoms with Crippen molar-refractivity contribution in [2.75, 3.05) is 39.3 Å². The van der Waals surface area contributed by atoms with E-state index in [-0.39, 0.29) is 47.8 Å². The van der Waals surface area contributed by atoms with Crippen molar-refractivity contribution in [1.29, 1.82) is 0 Å². The van der Waals surface area contributed by atoms with E-state index in [2.05, 4.69) is 17.6 Å². The van der Waals surface area contributed by atoms with Crippen LogP contribution in [0.4, 0.5) is 4.79 Å². The molecular weight excluding hydrogens is 514 g/mol. The number of aliphatic hydroxyl groups is 2. The first-order valence-electron chi connectivity index (χ1n) is 15.3. The molecule has 10 nitrogen and oxygen atoms in total. The Kier molecular flexibility index (Phi) is 7.19. The molecule has 222 valence electrons. The quantitative estimate of drug-likeness (QED) is 0.374. The van der Waals surface area contributed by atoms with Crippen LogP contribution >= 0.6 is 0 Å². The summed E-state index contributed by atoms with van der Waals surface area (Å²) in [6, 6.07) is 0. The summed E-state index contributed by atoms with van der Waals surface area (Å²) in [5.41, 5.74) is -0.815. The average Bonchev–Trinajstić information content (AvgIpc) is 3.47. The van der Waals surface area contributed by atoms with Crippen LogP contribution in [0, 0.1) is 34.5 Å². The second kappa shape index (κ2) is 10.3. The number of ether oxygens (including phenoxy) is 2. The van der Waals surface area contributed by atoms with Crippen molar-refractivity contribution in [1.82, 2.24) is 15.5 Å². The molecule has 4 aliphatic carbocycles. The molecule has 0 bridgehead atoms. The summed E-state index contributed by atoms with van der Waals surface area (Å²) >= 11 is 0. The highest BCUT2D eigenvalue weighted by Gasteiger charge is 2.70. The van der Waals surface area contributed by atoms with E-state index in [1.807, 2.05) is 6.92 Å². The van der Waals surface area contributed by atoms with E-state index < -0.39 is 23.2 Å². The molecule has 2 aliphatic heterocycles. The number of nitrogens with zero attached hydrogens (tertiary/aromatic N) is 1. The van der Waals surface area contributed by atoms with E-state index in [0.29, 0.717) is 44.9 Å². The van der Waals surface area contributed by atoms with Crippen LogP contribution in [0.1, 0.15) is 65.2 Å². The van der Waals surface area contributed by atoms with Gasteiger partial charge in [-0.15, -0.1) is 0 Å². The molecule has 0 radical (unpaired) electrons. The Labute approximate surface area is 236 Å². The molecule has 0 spiro atoms. The number of fused-ring (bicyclic) bond motifs is 5. The fourth-order valence-electron chi connectivity index (χ4n) is 9.83. The molecule has 6 rings (SSSR count). The van der Waals surface area contributed by atoms with Gasteiger partial charge in [0.05, 0.1) is 18.2 Å². The zero-order chi connectivity index (χ0) is 28.3. The normalized spacial score (nSPS) is 44.7. The molecule has 4 N–H and O–H groups in total. The SMILES string of the molecule is C[C@]12CC[C@H](OC(=O)NCCN3CCNCC3=O)C[C@H]1CC[C@@H]1[C@@H]2C[C@@H](O)[C@]2(C)[C@@H](C3=CC(=O)OC3)CC[C@]12O. The Hall–Kier alpha value is -2.17. The van der Waals surface area contributed by atoms with Crippen molar-refractivity contribution in [3.05, 3.63) is 11.6 Å². The zero-order valence-corrected chi connectivity index (χ0v) is 23.8. The number of piperazine rings is 1. The maximum atomic E-state index is 12.6. The summed E-state index contributed by atoms with van der Waals surface area (Å²) < 4.78 is 11.0. The molecule has 0 aromatic rings. The van der Waals surface area contributed by atoms with Crippen LogP contribution < -0.4 is 10.6 Å². The Morgan fingerprint density at radius 3 is 2.75 bits per heavy atom. The van der Waals surface area contributed by atoms with Gasteiger partial charge in [0.15, 0.2) is 0 Å². The van der Waals surface area contributed by atoms with E-state index in [9.17, 15) is 24.6 Å². The van der Waals surface area contributed by atoms with Crippen molar-refractivity contribution < 1.29 is 34.1 Å². The first-order chi connectivity index (χ1) is 19.1. The minimum absolute atomic E-state index is 0.0380. The monoisotopic (exact) mass is 559 g/mol. The van der Waals surface area contributed by atoms with Gasteiger partial charge < -0.3 is 35.2 Å². The first kappa shape index (κ1) is 28.0. The predicted octanol–water partition coefficient (Wildman–Crippen LogP) is 1.74. The molecule has 0 aromatic heterocycles. The number of amides is 2. The van der Waals surface area contributed by atoms with E-state index in [4.69, 9.17) is 9.47 Å². The van der Waals surface area contributed by atoms with Crippen molar-refractivity contribution >= 4 is 18.0 Å². The number of aliphatic hydroxyl groups excluding tert-OH is 1. The summed E-state index contributed by atoms with van der Waals surface area (Å²) in [6.07, 6.45) is 6.66. The Morgan fingerprint density at radius 1 is 1.18 bits per heavy atom. The molecule has 0 unspecified atom stereocenters. The van der Waals surface area contributed by atoms with Gasteiger partial charge in [-0.25, -0.2) is 9.59 Å². The largest absolute Gasteiger partial charge is 0.458 e. The summed E-state index contributed by atoms with van der Waals surface area (Å²) in [4.78, 5) is 38.0. The topological polar surface area (TPSA) is 137 Å². The van der Waals surface area contributed by atoms with Crippen LogP contribution in [0.5, 0.6) is 0 Å². The molecule has 2 amide bonds. The lowest BCUT2D eigenvalue weighted by Gasteiger charge is -2.65. The number of nitrogens with one attached hydrogen (secondary N) is 2. The Balaban J connectivity index is 1.08. The van der Waals surface area contributed by atoms with Crippen molar-refractivity contribution in [3.8, 4) is 0 Å². The fraction of sp³-hybridized carbons (Fsp3) is 0.833. The smallest absolute Gasteiger partial charge is 0.407 e.